The smallest absolute Gasteiger partial charge is 0.329 e. The van der Waals surface area contributed by atoms with Crippen LogP contribution in [0.5, 0.6) is 0 Å². The van der Waals surface area contributed by atoms with Crippen LogP contribution < -0.4 is 5.32 Å². The van der Waals surface area contributed by atoms with Crippen molar-refractivity contribution in [3.05, 3.63) is 0 Å². The average Bonchev–Trinajstić information content (AvgIpc) is 2.27. The molecule has 116 valence electrons. The molecule has 1 aliphatic rings. The number of rotatable bonds is 4. The molecule has 8 heteroatoms. The average molecular weight is 306 g/mol. The summed E-state index contributed by atoms with van der Waals surface area (Å²) in [4.78, 5) is 24.8. The van der Waals surface area contributed by atoms with E-state index in [1.807, 2.05) is 6.92 Å². The van der Waals surface area contributed by atoms with Gasteiger partial charge in [-0.2, -0.15) is 0 Å². The van der Waals surface area contributed by atoms with Crippen LogP contribution in [0.4, 0.5) is 4.79 Å². The van der Waals surface area contributed by atoms with Gasteiger partial charge in [-0.3, -0.25) is 0 Å². The van der Waals surface area contributed by atoms with Crippen LogP contribution in [-0.2, 0) is 14.6 Å². The van der Waals surface area contributed by atoms with E-state index in [1.54, 1.807) is 6.92 Å². The summed E-state index contributed by atoms with van der Waals surface area (Å²) in [6.45, 7) is 5.04. The summed E-state index contributed by atoms with van der Waals surface area (Å²) >= 11 is 0. The lowest BCUT2D eigenvalue weighted by Gasteiger charge is -2.36. The number of amides is 2. The zero-order valence-electron chi connectivity index (χ0n) is 12.0. The van der Waals surface area contributed by atoms with E-state index in [9.17, 15) is 23.1 Å². The lowest BCUT2D eigenvalue weighted by molar-refractivity contribution is -0.144. The quantitative estimate of drug-likeness (QED) is 0.785. The fourth-order valence-corrected chi connectivity index (χ4v) is 3.89. The van der Waals surface area contributed by atoms with E-state index >= 15 is 0 Å². The highest BCUT2D eigenvalue weighted by atomic mass is 32.2. The molecule has 0 aromatic rings. The molecule has 2 amide bonds. The molecule has 1 saturated heterocycles. The van der Waals surface area contributed by atoms with Gasteiger partial charge in [0.05, 0.1) is 11.5 Å². The van der Waals surface area contributed by atoms with Gasteiger partial charge >= 0.3 is 12.0 Å². The van der Waals surface area contributed by atoms with Gasteiger partial charge in [0.1, 0.15) is 5.54 Å². The second kappa shape index (κ2) is 5.99. The SMILES string of the molecule is CCCC(C)(NC(=O)N1CCS(=O)(=O)CC1C)C(=O)O. The van der Waals surface area contributed by atoms with Gasteiger partial charge < -0.3 is 15.3 Å². The summed E-state index contributed by atoms with van der Waals surface area (Å²) in [5.74, 6) is -1.26. The molecule has 1 aliphatic heterocycles. The van der Waals surface area contributed by atoms with Crippen LogP contribution in [0.3, 0.4) is 0 Å². The molecule has 0 bridgehead atoms. The monoisotopic (exact) mass is 306 g/mol. The molecule has 2 atom stereocenters. The Kier molecular flexibility index (Phi) is 5.01. The third kappa shape index (κ3) is 3.84. The number of hydrogen-bond acceptors (Lipinski definition) is 4. The molecule has 2 N–H and O–H groups in total. The molecule has 2 unspecified atom stereocenters. The van der Waals surface area contributed by atoms with E-state index in [-0.39, 0.29) is 18.1 Å². The van der Waals surface area contributed by atoms with Crippen LogP contribution >= 0.6 is 0 Å². The van der Waals surface area contributed by atoms with Crippen molar-refractivity contribution in [3.63, 3.8) is 0 Å². The number of aliphatic carboxylic acids is 1. The van der Waals surface area contributed by atoms with Crippen molar-refractivity contribution in [2.75, 3.05) is 18.1 Å². The maximum atomic E-state index is 12.2. The van der Waals surface area contributed by atoms with Crippen LogP contribution in [0.2, 0.25) is 0 Å². The lowest BCUT2D eigenvalue weighted by Crippen LogP contribution is -2.60. The summed E-state index contributed by atoms with van der Waals surface area (Å²) in [5.41, 5.74) is -1.33. The Morgan fingerprint density at radius 3 is 2.50 bits per heavy atom. The number of nitrogens with one attached hydrogen (secondary N) is 1. The maximum absolute atomic E-state index is 12.2. The van der Waals surface area contributed by atoms with Gasteiger partial charge in [0.2, 0.25) is 0 Å². The Hall–Kier alpha value is -1.31. The molecule has 0 spiro atoms. The van der Waals surface area contributed by atoms with Gasteiger partial charge in [0.15, 0.2) is 9.84 Å². The number of nitrogens with zero attached hydrogens (tertiary/aromatic N) is 1. The van der Waals surface area contributed by atoms with Gasteiger partial charge in [-0.05, 0) is 20.3 Å². The molecule has 0 radical (unpaired) electrons. The molecule has 1 heterocycles. The predicted octanol–water partition coefficient (Wildman–Crippen LogP) is 0.458. The Morgan fingerprint density at radius 1 is 1.45 bits per heavy atom. The minimum Gasteiger partial charge on any atom is -0.480 e. The Morgan fingerprint density at radius 2 is 2.05 bits per heavy atom. The number of carboxylic acid groups (broad SMARTS) is 1. The predicted molar refractivity (Wildman–Crippen MR) is 74.3 cm³/mol. The van der Waals surface area contributed by atoms with E-state index < -0.39 is 33.4 Å². The number of hydrogen-bond donors (Lipinski definition) is 2. The van der Waals surface area contributed by atoms with Crippen LogP contribution in [0.15, 0.2) is 0 Å². The first-order chi connectivity index (χ1) is 9.11. The zero-order chi connectivity index (χ0) is 15.6. The first kappa shape index (κ1) is 16.7. The summed E-state index contributed by atoms with van der Waals surface area (Å²) in [5, 5.41) is 11.7. The number of urea groups is 1. The van der Waals surface area contributed by atoms with Gasteiger partial charge in [-0.1, -0.05) is 13.3 Å². The van der Waals surface area contributed by atoms with Gasteiger partial charge in [0.25, 0.3) is 0 Å². The molecule has 20 heavy (non-hydrogen) atoms. The highest BCUT2D eigenvalue weighted by molar-refractivity contribution is 7.91. The Balaban J connectivity index is 2.78. The third-order valence-electron chi connectivity index (χ3n) is 3.54. The van der Waals surface area contributed by atoms with Gasteiger partial charge in [-0.25, -0.2) is 18.0 Å². The summed E-state index contributed by atoms with van der Waals surface area (Å²) in [6.07, 6.45) is 0.932. The maximum Gasteiger partial charge on any atom is 0.329 e. The Bertz CT molecular complexity index is 490. The summed E-state index contributed by atoms with van der Waals surface area (Å²) < 4.78 is 22.9. The van der Waals surface area contributed by atoms with E-state index in [0.717, 1.165) is 0 Å². The normalized spacial score (nSPS) is 24.8. The van der Waals surface area contributed by atoms with Crippen molar-refractivity contribution in [1.29, 1.82) is 0 Å². The molecule has 0 aromatic heterocycles. The van der Waals surface area contributed by atoms with E-state index in [0.29, 0.717) is 12.8 Å². The second-order valence-corrected chi connectivity index (χ2v) is 7.70. The minimum absolute atomic E-state index is 0.0810. The van der Waals surface area contributed by atoms with Crippen molar-refractivity contribution in [2.24, 2.45) is 0 Å². The first-order valence-electron chi connectivity index (χ1n) is 6.64. The van der Waals surface area contributed by atoms with Crippen LogP contribution in [0.25, 0.3) is 0 Å². The summed E-state index contributed by atoms with van der Waals surface area (Å²) in [6, 6.07) is -0.973. The van der Waals surface area contributed by atoms with Crippen molar-refractivity contribution >= 4 is 21.8 Å². The van der Waals surface area contributed by atoms with E-state index in [1.165, 1.54) is 11.8 Å². The lowest BCUT2D eigenvalue weighted by atomic mass is 9.96. The van der Waals surface area contributed by atoms with Crippen molar-refractivity contribution in [3.8, 4) is 0 Å². The minimum atomic E-state index is -3.11. The van der Waals surface area contributed by atoms with Crippen molar-refractivity contribution in [2.45, 2.75) is 45.2 Å². The highest BCUT2D eigenvalue weighted by Gasteiger charge is 2.38. The number of carbonyl (C=O) groups is 2. The van der Waals surface area contributed by atoms with Crippen LogP contribution in [0, 0.1) is 0 Å². The van der Waals surface area contributed by atoms with Gasteiger partial charge in [0, 0.05) is 12.6 Å². The topological polar surface area (TPSA) is 104 Å². The molecular weight excluding hydrogens is 284 g/mol. The van der Waals surface area contributed by atoms with Crippen molar-refractivity contribution in [1.82, 2.24) is 10.2 Å². The molecule has 7 nitrogen and oxygen atoms in total. The standard InChI is InChI=1S/C12H22N2O5S/c1-4-5-12(3,10(15)16)13-11(17)14-6-7-20(18,19)8-9(14)2/h9H,4-8H2,1-3H3,(H,13,17)(H,15,16). The number of carbonyl (C=O) groups excluding carboxylic acids is 1. The molecule has 0 saturated carbocycles. The van der Waals surface area contributed by atoms with E-state index in [2.05, 4.69) is 5.32 Å². The fourth-order valence-electron chi connectivity index (χ4n) is 2.33. The van der Waals surface area contributed by atoms with Crippen molar-refractivity contribution < 1.29 is 23.1 Å². The third-order valence-corrected chi connectivity index (χ3v) is 5.33. The zero-order valence-corrected chi connectivity index (χ0v) is 12.9. The first-order valence-corrected chi connectivity index (χ1v) is 8.46. The molecule has 0 aliphatic carbocycles. The summed E-state index contributed by atoms with van der Waals surface area (Å²) in [7, 11) is -3.11. The Labute approximate surface area is 119 Å². The highest BCUT2D eigenvalue weighted by Crippen LogP contribution is 2.16. The van der Waals surface area contributed by atoms with Crippen LogP contribution in [-0.4, -0.2) is 60.1 Å². The number of carboxylic acids is 1. The largest absolute Gasteiger partial charge is 0.480 e. The second-order valence-electron chi connectivity index (χ2n) is 5.47. The molecule has 1 rings (SSSR count). The number of sulfone groups is 1. The van der Waals surface area contributed by atoms with Crippen LogP contribution in [0.1, 0.15) is 33.6 Å². The fraction of sp³-hybridized carbons (Fsp3) is 0.833. The molecular formula is C12H22N2O5S. The van der Waals surface area contributed by atoms with E-state index in [4.69, 9.17) is 0 Å². The molecule has 1 fully saturated rings. The molecule has 0 aromatic carbocycles. The van der Waals surface area contributed by atoms with Gasteiger partial charge in [-0.15, -0.1) is 0 Å².